The van der Waals surface area contributed by atoms with Gasteiger partial charge in [0.05, 0.1) is 6.42 Å². The summed E-state index contributed by atoms with van der Waals surface area (Å²) in [6.45, 7) is 7.28. The van der Waals surface area contributed by atoms with Crippen molar-refractivity contribution in [3.8, 4) is 22.6 Å². The molecule has 0 aliphatic heterocycles. The van der Waals surface area contributed by atoms with Gasteiger partial charge in [-0.1, -0.05) is 74.5 Å². The number of aryl methyl sites for hydroxylation is 1. The van der Waals surface area contributed by atoms with Crippen molar-refractivity contribution in [3.63, 3.8) is 0 Å². The second-order valence-corrected chi connectivity index (χ2v) is 6.76. The number of rotatable bonds is 10. The Kier molecular flexibility index (Phi) is 7.59. The molecule has 0 radical (unpaired) electrons. The molecule has 3 aromatic rings. The molecule has 5 heteroatoms. The quantitative estimate of drug-likeness (QED) is 0.463. The van der Waals surface area contributed by atoms with Crippen LogP contribution >= 0.6 is 0 Å². The highest BCUT2D eigenvalue weighted by molar-refractivity contribution is 5.77. The maximum absolute atomic E-state index is 12.1. The molecule has 0 spiro atoms. The SMILES string of the molecule is CCN(CC)CCOC(=O)CCc1nc(-c2ccccc2)c(-c2ccccc2)o1. The van der Waals surface area contributed by atoms with Gasteiger partial charge in [-0.3, -0.25) is 4.79 Å². The molecule has 0 fully saturated rings. The minimum Gasteiger partial charge on any atom is -0.464 e. The number of carbonyl (C=O) groups excluding carboxylic acids is 1. The molecule has 1 aromatic heterocycles. The second kappa shape index (κ2) is 10.6. The standard InChI is InChI=1S/C24H28N2O3/c1-3-26(4-2)17-18-28-22(27)16-15-21-25-23(19-11-7-5-8-12-19)24(29-21)20-13-9-6-10-14-20/h5-14H,3-4,15-18H2,1-2H3. The van der Waals surface area contributed by atoms with Gasteiger partial charge < -0.3 is 14.1 Å². The number of esters is 1. The summed E-state index contributed by atoms with van der Waals surface area (Å²) in [7, 11) is 0. The Morgan fingerprint density at radius 3 is 2.21 bits per heavy atom. The third kappa shape index (κ3) is 5.78. The van der Waals surface area contributed by atoms with Crippen LogP contribution in [-0.2, 0) is 16.0 Å². The molecular weight excluding hydrogens is 364 g/mol. The molecule has 5 nitrogen and oxygen atoms in total. The summed E-state index contributed by atoms with van der Waals surface area (Å²) >= 11 is 0. The zero-order valence-corrected chi connectivity index (χ0v) is 17.1. The Labute approximate surface area is 172 Å². The second-order valence-electron chi connectivity index (χ2n) is 6.76. The normalized spacial score (nSPS) is 11.0. The maximum Gasteiger partial charge on any atom is 0.306 e. The fraction of sp³-hybridized carbons (Fsp3) is 0.333. The summed E-state index contributed by atoms with van der Waals surface area (Å²) in [6, 6.07) is 19.9. The van der Waals surface area contributed by atoms with Crippen molar-refractivity contribution in [3.05, 3.63) is 66.6 Å². The summed E-state index contributed by atoms with van der Waals surface area (Å²) in [5.74, 6) is 1.04. The van der Waals surface area contributed by atoms with Gasteiger partial charge in [0.1, 0.15) is 12.3 Å². The van der Waals surface area contributed by atoms with E-state index in [4.69, 9.17) is 9.15 Å². The summed E-state index contributed by atoms with van der Waals surface area (Å²) in [5.41, 5.74) is 2.75. The number of benzene rings is 2. The average molecular weight is 392 g/mol. The molecule has 152 valence electrons. The Morgan fingerprint density at radius 1 is 0.966 bits per heavy atom. The van der Waals surface area contributed by atoms with Crippen LogP contribution in [0.25, 0.3) is 22.6 Å². The first-order valence-electron chi connectivity index (χ1n) is 10.2. The zero-order valence-electron chi connectivity index (χ0n) is 17.1. The summed E-state index contributed by atoms with van der Waals surface area (Å²) in [4.78, 5) is 19.0. The van der Waals surface area contributed by atoms with Gasteiger partial charge in [0.25, 0.3) is 0 Å². The molecular formula is C24H28N2O3. The topological polar surface area (TPSA) is 55.6 Å². The van der Waals surface area contributed by atoms with Gasteiger partial charge in [0.2, 0.25) is 0 Å². The molecule has 0 N–H and O–H groups in total. The summed E-state index contributed by atoms with van der Waals surface area (Å²) in [6.07, 6.45) is 0.665. The van der Waals surface area contributed by atoms with Crippen LogP contribution in [0.5, 0.6) is 0 Å². The van der Waals surface area contributed by atoms with Crippen molar-refractivity contribution in [2.75, 3.05) is 26.2 Å². The first-order chi connectivity index (χ1) is 14.2. The summed E-state index contributed by atoms with van der Waals surface area (Å²) in [5, 5.41) is 0. The first-order valence-corrected chi connectivity index (χ1v) is 10.2. The average Bonchev–Trinajstić information content (AvgIpc) is 3.21. The van der Waals surface area contributed by atoms with E-state index in [1.807, 2.05) is 60.7 Å². The highest BCUT2D eigenvalue weighted by Crippen LogP contribution is 2.32. The van der Waals surface area contributed by atoms with Gasteiger partial charge in [-0.25, -0.2) is 4.98 Å². The van der Waals surface area contributed by atoms with Crippen LogP contribution in [0.15, 0.2) is 65.1 Å². The smallest absolute Gasteiger partial charge is 0.306 e. The van der Waals surface area contributed by atoms with Crippen molar-refractivity contribution in [1.29, 1.82) is 0 Å². The van der Waals surface area contributed by atoms with Crippen molar-refractivity contribution in [2.45, 2.75) is 26.7 Å². The van der Waals surface area contributed by atoms with Crippen molar-refractivity contribution >= 4 is 5.97 Å². The van der Waals surface area contributed by atoms with E-state index in [1.165, 1.54) is 0 Å². The molecule has 1 heterocycles. The largest absolute Gasteiger partial charge is 0.464 e. The molecule has 0 amide bonds. The van der Waals surface area contributed by atoms with Crippen LogP contribution in [-0.4, -0.2) is 42.1 Å². The molecule has 0 aliphatic carbocycles. The van der Waals surface area contributed by atoms with E-state index >= 15 is 0 Å². The minimum absolute atomic E-state index is 0.224. The zero-order chi connectivity index (χ0) is 20.5. The van der Waals surface area contributed by atoms with Crippen molar-refractivity contribution < 1.29 is 13.9 Å². The molecule has 0 bridgehead atoms. The predicted octanol–water partition coefficient (Wildman–Crippen LogP) is 4.83. The van der Waals surface area contributed by atoms with Gasteiger partial charge >= 0.3 is 5.97 Å². The van der Waals surface area contributed by atoms with E-state index in [1.54, 1.807) is 0 Å². The molecule has 2 aromatic carbocycles. The Morgan fingerprint density at radius 2 is 1.59 bits per heavy atom. The Balaban J connectivity index is 1.67. The molecule has 3 rings (SSSR count). The van der Waals surface area contributed by atoms with Gasteiger partial charge in [0.15, 0.2) is 11.7 Å². The highest BCUT2D eigenvalue weighted by Gasteiger charge is 2.17. The van der Waals surface area contributed by atoms with Crippen LogP contribution in [0.4, 0.5) is 0 Å². The van der Waals surface area contributed by atoms with E-state index in [-0.39, 0.29) is 12.4 Å². The lowest BCUT2D eigenvalue weighted by atomic mass is 10.1. The van der Waals surface area contributed by atoms with Crippen LogP contribution in [0.2, 0.25) is 0 Å². The van der Waals surface area contributed by atoms with Crippen LogP contribution < -0.4 is 0 Å². The molecule has 0 aliphatic rings. The predicted molar refractivity (Wildman–Crippen MR) is 114 cm³/mol. The Bertz CT molecular complexity index is 830. The van der Waals surface area contributed by atoms with E-state index in [2.05, 4.69) is 23.7 Å². The fourth-order valence-corrected chi connectivity index (χ4v) is 3.16. The minimum atomic E-state index is -0.224. The van der Waals surface area contributed by atoms with Crippen LogP contribution in [0.1, 0.15) is 26.2 Å². The van der Waals surface area contributed by atoms with E-state index in [0.29, 0.717) is 18.9 Å². The Hall–Kier alpha value is -2.92. The third-order valence-electron chi connectivity index (χ3n) is 4.86. The number of hydrogen-bond donors (Lipinski definition) is 0. The first kappa shape index (κ1) is 20.8. The van der Waals surface area contributed by atoms with E-state index < -0.39 is 0 Å². The third-order valence-corrected chi connectivity index (χ3v) is 4.86. The summed E-state index contributed by atoms with van der Waals surface area (Å²) < 4.78 is 11.4. The van der Waals surface area contributed by atoms with E-state index in [0.717, 1.165) is 42.2 Å². The number of aromatic nitrogens is 1. The lowest BCUT2D eigenvalue weighted by Gasteiger charge is -2.17. The monoisotopic (exact) mass is 392 g/mol. The molecule has 0 saturated carbocycles. The molecule has 0 atom stereocenters. The molecule has 0 unspecified atom stereocenters. The maximum atomic E-state index is 12.1. The van der Waals surface area contributed by atoms with Crippen molar-refractivity contribution in [1.82, 2.24) is 9.88 Å². The van der Waals surface area contributed by atoms with E-state index in [9.17, 15) is 4.79 Å². The lowest BCUT2D eigenvalue weighted by molar-refractivity contribution is -0.144. The number of nitrogens with zero attached hydrogens (tertiary/aromatic N) is 2. The number of hydrogen-bond acceptors (Lipinski definition) is 5. The lowest BCUT2D eigenvalue weighted by Crippen LogP contribution is -2.27. The van der Waals surface area contributed by atoms with Gasteiger partial charge in [-0.05, 0) is 13.1 Å². The number of ether oxygens (including phenoxy) is 1. The van der Waals surface area contributed by atoms with Gasteiger partial charge in [-0.2, -0.15) is 0 Å². The van der Waals surface area contributed by atoms with Gasteiger partial charge in [-0.15, -0.1) is 0 Å². The fourth-order valence-electron chi connectivity index (χ4n) is 3.16. The number of oxazole rings is 1. The number of carbonyl (C=O) groups is 1. The van der Waals surface area contributed by atoms with Crippen molar-refractivity contribution in [2.24, 2.45) is 0 Å². The van der Waals surface area contributed by atoms with Gasteiger partial charge in [0, 0.05) is 24.1 Å². The van der Waals surface area contributed by atoms with Crippen LogP contribution in [0.3, 0.4) is 0 Å². The number of likely N-dealkylation sites (N-methyl/N-ethyl adjacent to an activating group) is 1. The molecule has 29 heavy (non-hydrogen) atoms. The molecule has 0 saturated heterocycles. The van der Waals surface area contributed by atoms with Crippen LogP contribution in [0, 0.1) is 0 Å². The highest BCUT2D eigenvalue weighted by atomic mass is 16.5.